The van der Waals surface area contributed by atoms with Crippen molar-refractivity contribution >= 4 is 18.1 Å². The average Bonchev–Trinajstić information content (AvgIpc) is 3.01. The molecule has 0 spiro atoms. The van der Waals surface area contributed by atoms with E-state index in [4.69, 9.17) is 4.74 Å². The smallest absolute Gasteiger partial charge is 0.416 e. The molecule has 0 N–H and O–H groups in total. The molecule has 1 amide bonds. The highest BCUT2D eigenvalue weighted by Crippen LogP contribution is 2.35. The van der Waals surface area contributed by atoms with Gasteiger partial charge in [-0.2, -0.15) is 13.2 Å². The quantitative estimate of drug-likeness (QED) is 0.101. The Balaban J connectivity index is 1.76. The minimum absolute atomic E-state index is 0.0357. The van der Waals surface area contributed by atoms with E-state index in [9.17, 15) is 27.6 Å². The Morgan fingerprint density at radius 3 is 2.25 bits per heavy atom. The standard InChI is InChI=1S/C40H49F4N3O4/c1-9-51-35(49)18-30(31-17-29(16-27(6)37(31)41)36-25(4)11-10-12-26(36)5)20-45-38(50)33(15-24(2)3)47-21-28(13-14-46-22-39(7,8)23-46)32(19-34(47)48)40(42,43)44/h10-12,16-17,19-21,24,30,33H,9,13-15,18,22-23H2,1-8H3. The summed E-state index contributed by atoms with van der Waals surface area (Å²) in [5.41, 5.74) is 2.08. The lowest BCUT2D eigenvalue weighted by Gasteiger charge is -2.46. The average molecular weight is 712 g/mol. The van der Waals surface area contributed by atoms with Gasteiger partial charge in [0.1, 0.15) is 11.9 Å². The Bertz CT molecular complexity index is 1820. The van der Waals surface area contributed by atoms with Crippen LogP contribution >= 0.6 is 0 Å². The van der Waals surface area contributed by atoms with Gasteiger partial charge in [-0.25, -0.2) is 9.38 Å². The fraction of sp³-hybridized carbons (Fsp3) is 0.500. The number of alkyl halides is 3. The third-order valence-electron chi connectivity index (χ3n) is 9.31. The van der Waals surface area contributed by atoms with Crippen molar-refractivity contribution in [3.63, 3.8) is 0 Å². The summed E-state index contributed by atoms with van der Waals surface area (Å²) in [6.07, 6.45) is -2.59. The summed E-state index contributed by atoms with van der Waals surface area (Å²) in [6.45, 7) is 16.9. The highest BCUT2D eigenvalue weighted by atomic mass is 19.4. The number of esters is 1. The van der Waals surface area contributed by atoms with Crippen molar-refractivity contribution in [3.05, 3.63) is 92.1 Å². The second-order valence-electron chi connectivity index (χ2n) is 14.9. The maximum absolute atomic E-state index is 15.9. The third kappa shape index (κ3) is 9.81. The highest BCUT2D eigenvalue weighted by molar-refractivity contribution is 5.91. The summed E-state index contributed by atoms with van der Waals surface area (Å²) in [5.74, 6) is -3.14. The zero-order valence-corrected chi connectivity index (χ0v) is 30.8. The van der Waals surface area contributed by atoms with Gasteiger partial charge in [0.05, 0.1) is 18.6 Å². The molecule has 51 heavy (non-hydrogen) atoms. The Morgan fingerprint density at radius 1 is 1.04 bits per heavy atom. The van der Waals surface area contributed by atoms with Crippen molar-refractivity contribution in [1.82, 2.24) is 9.47 Å². The van der Waals surface area contributed by atoms with Crippen LogP contribution in [0.2, 0.25) is 0 Å². The fourth-order valence-electron chi connectivity index (χ4n) is 7.05. The molecule has 4 rings (SSSR count). The molecule has 1 aliphatic heterocycles. The number of amides is 1. The number of aryl methyl sites for hydroxylation is 3. The Labute approximate surface area is 297 Å². The second-order valence-corrected chi connectivity index (χ2v) is 14.9. The molecule has 2 heterocycles. The molecule has 0 bridgehead atoms. The third-order valence-corrected chi connectivity index (χ3v) is 9.31. The first-order valence-corrected chi connectivity index (χ1v) is 17.5. The van der Waals surface area contributed by atoms with Crippen molar-refractivity contribution in [2.45, 2.75) is 92.8 Å². The van der Waals surface area contributed by atoms with Crippen LogP contribution in [0.25, 0.3) is 11.1 Å². The van der Waals surface area contributed by atoms with Crippen molar-refractivity contribution in [3.8, 4) is 11.1 Å². The molecule has 0 saturated carbocycles. The summed E-state index contributed by atoms with van der Waals surface area (Å²) in [4.78, 5) is 46.2. The molecule has 11 heteroatoms. The van der Waals surface area contributed by atoms with Crippen LogP contribution in [0.1, 0.15) is 92.8 Å². The largest absolute Gasteiger partial charge is 0.466 e. The van der Waals surface area contributed by atoms with Crippen LogP contribution < -0.4 is 5.56 Å². The van der Waals surface area contributed by atoms with E-state index in [-0.39, 0.29) is 48.3 Å². The Morgan fingerprint density at radius 2 is 1.69 bits per heavy atom. The lowest BCUT2D eigenvalue weighted by Crippen LogP contribution is -2.53. The number of aliphatic imine (C=N–C) groups is 1. The van der Waals surface area contributed by atoms with Gasteiger partial charge in [-0.1, -0.05) is 45.9 Å². The number of pyridine rings is 1. The molecule has 1 aromatic heterocycles. The SMILES string of the molecule is CCOC(=O)CC(C=NC(=O)C(CC(C)C)n1cc(CCN2CC(C)(C)C2)c(C(F)(F)F)cc1=O)c1cc(-c2c(C)cccc2C)cc(C)c1F. The van der Waals surface area contributed by atoms with Gasteiger partial charge < -0.3 is 14.2 Å². The van der Waals surface area contributed by atoms with Crippen LogP contribution in [0.15, 0.2) is 52.4 Å². The lowest BCUT2D eigenvalue weighted by atomic mass is 9.84. The number of benzene rings is 2. The molecule has 0 radical (unpaired) electrons. The minimum Gasteiger partial charge on any atom is -0.466 e. The molecule has 7 nitrogen and oxygen atoms in total. The topological polar surface area (TPSA) is 81.0 Å². The number of carbonyl (C=O) groups excluding carboxylic acids is 2. The van der Waals surface area contributed by atoms with Gasteiger partial charge >= 0.3 is 12.1 Å². The molecule has 0 aliphatic carbocycles. The summed E-state index contributed by atoms with van der Waals surface area (Å²) < 4.78 is 64.5. The van der Waals surface area contributed by atoms with Gasteiger partial charge in [-0.05, 0) is 103 Å². The van der Waals surface area contributed by atoms with E-state index >= 15 is 4.39 Å². The van der Waals surface area contributed by atoms with Crippen LogP contribution in [0.4, 0.5) is 17.6 Å². The second kappa shape index (κ2) is 16.0. The summed E-state index contributed by atoms with van der Waals surface area (Å²) in [7, 11) is 0. The first-order valence-electron chi connectivity index (χ1n) is 17.5. The molecule has 1 saturated heterocycles. The van der Waals surface area contributed by atoms with E-state index in [2.05, 4.69) is 23.7 Å². The molecule has 1 fully saturated rings. The molecule has 276 valence electrons. The van der Waals surface area contributed by atoms with E-state index in [1.165, 1.54) is 6.21 Å². The molecule has 1 aliphatic rings. The van der Waals surface area contributed by atoms with E-state index in [1.54, 1.807) is 26.0 Å². The number of carbonyl (C=O) groups is 2. The Hall–Kier alpha value is -4.12. The van der Waals surface area contributed by atoms with Gasteiger partial charge in [0.15, 0.2) is 0 Å². The number of nitrogens with zero attached hydrogens (tertiary/aromatic N) is 3. The molecule has 2 unspecified atom stereocenters. The number of rotatable bonds is 13. The first kappa shape index (κ1) is 39.7. The van der Waals surface area contributed by atoms with E-state index < -0.39 is 47.0 Å². The van der Waals surface area contributed by atoms with Gasteiger partial charge in [0.25, 0.3) is 11.5 Å². The molecular weight excluding hydrogens is 662 g/mol. The molecule has 3 aromatic rings. The zero-order chi connectivity index (χ0) is 37.8. The number of ether oxygens (including phenoxy) is 1. The van der Waals surface area contributed by atoms with Gasteiger partial charge in [-0.3, -0.25) is 14.4 Å². The number of hydrogen-bond donors (Lipinski definition) is 0. The van der Waals surface area contributed by atoms with Crippen LogP contribution in [0.5, 0.6) is 0 Å². The predicted molar refractivity (Wildman–Crippen MR) is 192 cm³/mol. The van der Waals surface area contributed by atoms with Crippen LogP contribution in [-0.2, 0) is 26.9 Å². The van der Waals surface area contributed by atoms with Crippen LogP contribution in [0, 0.1) is 37.9 Å². The van der Waals surface area contributed by atoms with E-state index in [0.29, 0.717) is 18.2 Å². The monoisotopic (exact) mass is 711 g/mol. The minimum atomic E-state index is -4.76. The van der Waals surface area contributed by atoms with Crippen molar-refractivity contribution in [2.24, 2.45) is 16.3 Å². The predicted octanol–water partition coefficient (Wildman–Crippen LogP) is 8.40. The molecular formula is C40H49F4N3O4. The van der Waals surface area contributed by atoms with Crippen molar-refractivity contribution < 1.29 is 31.9 Å². The summed E-state index contributed by atoms with van der Waals surface area (Å²) >= 11 is 0. The van der Waals surface area contributed by atoms with Crippen LogP contribution in [-0.4, -0.2) is 53.8 Å². The zero-order valence-electron chi connectivity index (χ0n) is 30.8. The number of likely N-dealkylation sites (tertiary alicyclic amines) is 1. The molecule has 2 atom stereocenters. The fourth-order valence-corrected chi connectivity index (χ4v) is 7.05. The summed E-state index contributed by atoms with van der Waals surface area (Å²) in [6, 6.07) is 8.54. The van der Waals surface area contributed by atoms with E-state index in [1.807, 2.05) is 45.9 Å². The highest BCUT2D eigenvalue weighted by Gasteiger charge is 2.37. The van der Waals surface area contributed by atoms with E-state index in [0.717, 1.165) is 46.1 Å². The van der Waals surface area contributed by atoms with Crippen LogP contribution in [0.3, 0.4) is 0 Å². The maximum Gasteiger partial charge on any atom is 0.416 e. The normalized spacial score (nSPS) is 15.9. The van der Waals surface area contributed by atoms with Gasteiger partial charge in [-0.15, -0.1) is 0 Å². The number of aromatic nitrogens is 1. The van der Waals surface area contributed by atoms with Gasteiger partial charge in [0.2, 0.25) is 0 Å². The van der Waals surface area contributed by atoms with Gasteiger partial charge in [0, 0.05) is 44.0 Å². The molecule has 2 aromatic carbocycles. The Kier molecular flexibility index (Phi) is 12.5. The van der Waals surface area contributed by atoms with Crippen molar-refractivity contribution in [1.29, 1.82) is 0 Å². The summed E-state index contributed by atoms with van der Waals surface area (Å²) in [5, 5.41) is 0. The lowest BCUT2D eigenvalue weighted by molar-refractivity contribution is -0.143. The number of hydrogen-bond acceptors (Lipinski definition) is 5. The number of halogens is 4. The van der Waals surface area contributed by atoms with Crippen molar-refractivity contribution in [2.75, 3.05) is 26.2 Å². The maximum atomic E-state index is 15.9. The first-order chi connectivity index (χ1) is 23.8.